The van der Waals surface area contributed by atoms with Crippen molar-refractivity contribution in [3.8, 4) is 0 Å². The molecule has 2 heteroatoms. The van der Waals surface area contributed by atoms with Crippen LogP contribution in [0.3, 0.4) is 0 Å². The van der Waals surface area contributed by atoms with Crippen molar-refractivity contribution in [1.82, 2.24) is 4.90 Å². The molecule has 0 N–H and O–H groups in total. The third kappa shape index (κ3) is 1.44. The smallest absolute Gasteiger partial charge is 0.103 e. The minimum atomic E-state index is -0.522. The number of alkyl halides is 1. The molecule has 0 aromatic rings. The molecule has 0 saturated carbocycles. The summed E-state index contributed by atoms with van der Waals surface area (Å²) in [5, 5.41) is 0. The highest BCUT2D eigenvalue weighted by molar-refractivity contribution is 4.67. The van der Waals surface area contributed by atoms with Crippen LogP contribution in [-0.2, 0) is 0 Å². The number of likely N-dealkylation sites (tertiary alicyclic amines) is 1. The van der Waals surface area contributed by atoms with Crippen molar-refractivity contribution in [2.24, 2.45) is 0 Å². The van der Waals surface area contributed by atoms with Crippen LogP contribution in [0.2, 0.25) is 0 Å². The normalized spacial score (nSPS) is 26.2. The van der Waals surface area contributed by atoms with E-state index in [1.807, 2.05) is 7.05 Å². The molecule has 1 aliphatic rings. The second-order valence-corrected chi connectivity index (χ2v) is 2.48. The van der Waals surface area contributed by atoms with Crippen LogP contribution in [0.25, 0.3) is 0 Å². The van der Waals surface area contributed by atoms with Crippen LogP contribution in [0.4, 0.5) is 4.39 Å². The highest BCUT2D eigenvalue weighted by Crippen LogP contribution is 2.10. The lowest BCUT2D eigenvalue weighted by molar-refractivity contribution is 0.174. The van der Waals surface area contributed by atoms with Crippen LogP contribution >= 0.6 is 0 Å². The average Bonchev–Trinajstić information content (AvgIpc) is 1.77. The van der Waals surface area contributed by atoms with Gasteiger partial charge in [-0.1, -0.05) is 0 Å². The van der Waals surface area contributed by atoms with Crippen LogP contribution in [0.5, 0.6) is 0 Å². The summed E-state index contributed by atoms with van der Waals surface area (Å²) in [6, 6.07) is 0. The van der Waals surface area contributed by atoms with Gasteiger partial charge in [-0.05, 0) is 19.9 Å². The van der Waals surface area contributed by atoms with Crippen LogP contribution in [0.1, 0.15) is 12.8 Å². The van der Waals surface area contributed by atoms with Gasteiger partial charge in [0.1, 0.15) is 6.17 Å². The summed E-state index contributed by atoms with van der Waals surface area (Å²) in [4.78, 5) is 2.16. The van der Waals surface area contributed by atoms with Gasteiger partial charge in [-0.25, -0.2) is 4.39 Å². The van der Waals surface area contributed by atoms with Crippen molar-refractivity contribution in [2.75, 3.05) is 20.1 Å². The van der Waals surface area contributed by atoms with Gasteiger partial charge in [0.15, 0.2) is 0 Å². The molecule has 1 nitrogen and oxygen atoms in total. The van der Waals surface area contributed by atoms with Gasteiger partial charge in [0.05, 0.1) is 0 Å². The predicted molar refractivity (Wildman–Crippen MR) is 31.6 cm³/mol. The number of nitrogens with zero attached hydrogens (tertiary/aromatic N) is 1. The maximum atomic E-state index is 12.3. The zero-order valence-electron chi connectivity index (χ0n) is 5.23. The van der Waals surface area contributed by atoms with Gasteiger partial charge in [0.25, 0.3) is 0 Å². The molecule has 1 rings (SSSR count). The molecule has 8 heavy (non-hydrogen) atoms. The summed E-state index contributed by atoms with van der Waals surface area (Å²) in [6.45, 7) is 1.86. The van der Waals surface area contributed by atoms with Crippen molar-refractivity contribution >= 4 is 0 Å². The lowest BCUT2D eigenvalue weighted by Crippen LogP contribution is -2.30. The van der Waals surface area contributed by atoms with E-state index in [0.29, 0.717) is 0 Å². The van der Waals surface area contributed by atoms with Gasteiger partial charge in [0.2, 0.25) is 0 Å². The van der Waals surface area contributed by atoms with Gasteiger partial charge in [-0.3, -0.25) is 0 Å². The Labute approximate surface area is 49.5 Å². The molecule has 1 heterocycles. The zero-order chi connectivity index (χ0) is 5.98. The third-order valence-electron chi connectivity index (χ3n) is 1.65. The van der Waals surface area contributed by atoms with Crippen molar-refractivity contribution < 1.29 is 4.39 Å². The molecule has 1 fully saturated rings. The molecule has 0 unspecified atom stereocenters. The number of halogens is 1. The summed E-state index contributed by atoms with van der Waals surface area (Å²) in [5.41, 5.74) is 0. The SMILES string of the molecule is CN1CCC(F)CC1. The monoisotopic (exact) mass is 117 g/mol. The fourth-order valence-corrected chi connectivity index (χ4v) is 0.977. The standard InChI is InChI=1S/C6H12FN/c1-8-4-2-6(7)3-5-8/h6H,2-5H2,1H3. The largest absolute Gasteiger partial charge is 0.306 e. The van der Waals surface area contributed by atoms with Crippen LogP contribution in [-0.4, -0.2) is 31.2 Å². The third-order valence-corrected chi connectivity index (χ3v) is 1.65. The topological polar surface area (TPSA) is 3.24 Å². The summed E-state index contributed by atoms with van der Waals surface area (Å²) in [6.07, 6.45) is 0.943. The van der Waals surface area contributed by atoms with E-state index in [0.717, 1.165) is 25.9 Å². The van der Waals surface area contributed by atoms with Crippen molar-refractivity contribution in [1.29, 1.82) is 0 Å². The van der Waals surface area contributed by atoms with E-state index < -0.39 is 6.17 Å². The quantitative estimate of drug-likeness (QED) is 0.458. The second-order valence-electron chi connectivity index (χ2n) is 2.48. The van der Waals surface area contributed by atoms with Crippen molar-refractivity contribution in [3.63, 3.8) is 0 Å². The number of rotatable bonds is 0. The molecule has 1 saturated heterocycles. The Morgan fingerprint density at radius 1 is 1.38 bits per heavy atom. The second kappa shape index (κ2) is 2.44. The lowest BCUT2D eigenvalue weighted by atomic mass is 10.1. The van der Waals surface area contributed by atoms with Crippen molar-refractivity contribution in [2.45, 2.75) is 19.0 Å². The molecule has 0 spiro atoms. The Morgan fingerprint density at radius 3 is 2.25 bits per heavy atom. The molecule has 0 aromatic heterocycles. The number of hydrogen-bond donors (Lipinski definition) is 0. The van der Waals surface area contributed by atoms with Gasteiger partial charge in [0, 0.05) is 13.1 Å². The zero-order valence-corrected chi connectivity index (χ0v) is 5.23. The summed E-state index contributed by atoms with van der Waals surface area (Å²) >= 11 is 0. The first-order valence-electron chi connectivity index (χ1n) is 3.11. The average molecular weight is 117 g/mol. The van der Waals surface area contributed by atoms with Gasteiger partial charge in [-0.15, -0.1) is 0 Å². The molecule has 0 amide bonds. The van der Waals surface area contributed by atoms with E-state index in [1.54, 1.807) is 0 Å². The Kier molecular flexibility index (Phi) is 1.84. The Balaban J connectivity index is 2.19. The summed E-state index contributed by atoms with van der Waals surface area (Å²) in [7, 11) is 2.03. The molecule has 0 aromatic carbocycles. The fourth-order valence-electron chi connectivity index (χ4n) is 0.977. The van der Waals surface area contributed by atoms with Crippen LogP contribution in [0, 0.1) is 0 Å². The van der Waals surface area contributed by atoms with Gasteiger partial charge in [-0.2, -0.15) is 0 Å². The van der Waals surface area contributed by atoms with E-state index in [1.165, 1.54) is 0 Å². The molecule has 1 aliphatic heterocycles. The molecule has 0 radical (unpaired) electrons. The molecule has 0 bridgehead atoms. The Hall–Kier alpha value is -0.110. The summed E-state index contributed by atoms with van der Waals surface area (Å²) in [5.74, 6) is 0. The van der Waals surface area contributed by atoms with Crippen LogP contribution in [0.15, 0.2) is 0 Å². The molecular weight excluding hydrogens is 105 g/mol. The van der Waals surface area contributed by atoms with Crippen molar-refractivity contribution in [3.05, 3.63) is 0 Å². The van der Waals surface area contributed by atoms with E-state index in [-0.39, 0.29) is 0 Å². The van der Waals surface area contributed by atoms with E-state index >= 15 is 0 Å². The number of hydrogen-bond acceptors (Lipinski definition) is 1. The van der Waals surface area contributed by atoms with Gasteiger partial charge >= 0.3 is 0 Å². The lowest BCUT2D eigenvalue weighted by Gasteiger charge is -2.23. The maximum Gasteiger partial charge on any atom is 0.103 e. The number of piperidine rings is 1. The predicted octanol–water partition coefficient (Wildman–Crippen LogP) is 1.05. The highest BCUT2D eigenvalue weighted by atomic mass is 19.1. The minimum absolute atomic E-state index is 0.522. The first kappa shape index (κ1) is 6.02. The van der Waals surface area contributed by atoms with Gasteiger partial charge < -0.3 is 4.90 Å². The minimum Gasteiger partial charge on any atom is -0.306 e. The first-order valence-corrected chi connectivity index (χ1v) is 3.11. The molecular formula is C6H12FN. The Bertz CT molecular complexity index is 56.9. The molecule has 0 aliphatic carbocycles. The highest BCUT2D eigenvalue weighted by Gasteiger charge is 2.14. The Morgan fingerprint density at radius 2 is 1.88 bits per heavy atom. The van der Waals surface area contributed by atoms with Crippen LogP contribution < -0.4 is 0 Å². The molecule has 0 atom stereocenters. The van der Waals surface area contributed by atoms with E-state index in [4.69, 9.17) is 0 Å². The maximum absolute atomic E-state index is 12.3. The fraction of sp³-hybridized carbons (Fsp3) is 1.00. The van der Waals surface area contributed by atoms with E-state index in [2.05, 4.69) is 4.90 Å². The van der Waals surface area contributed by atoms with E-state index in [9.17, 15) is 4.39 Å². The molecule has 48 valence electrons. The summed E-state index contributed by atoms with van der Waals surface area (Å²) < 4.78 is 12.3. The first-order chi connectivity index (χ1) is 3.79.